The number of ether oxygens (including phenoxy) is 1. The van der Waals surface area contributed by atoms with E-state index in [0.29, 0.717) is 0 Å². The highest BCUT2D eigenvalue weighted by atomic mass is 35.5. The first kappa shape index (κ1) is 30.0. The Balaban J connectivity index is 0.00000190. The summed E-state index contributed by atoms with van der Waals surface area (Å²) in [5.74, 6) is 2.40. The van der Waals surface area contributed by atoms with Gasteiger partial charge in [0.15, 0.2) is 5.58 Å². The summed E-state index contributed by atoms with van der Waals surface area (Å²) in [6, 6.07) is 6.97. The van der Waals surface area contributed by atoms with Crippen LogP contribution in [0.3, 0.4) is 0 Å². The minimum Gasteiger partial charge on any atom is -0.493 e. The molecule has 0 spiro atoms. The maximum Gasteiger partial charge on any atom is 0.175 e. The highest BCUT2D eigenvalue weighted by Crippen LogP contribution is 2.38. The fourth-order valence-electron chi connectivity index (χ4n) is 6.10. The molecular formula is C29H44Cl2N4O2. The third-order valence-corrected chi connectivity index (χ3v) is 8.49. The third kappa shape index (κ3) is 7.53. The zero-order chi connectivity index (χ0) is 24.3. The quantitative estimate of drug-likeness (QED) is 0.330. The molecule has 0 N–H and O–H groups in total. The molecule has 1 aromatic heterocycles. The van der Waals surface area contributed by atoms with Gasteiger partial charge in [0.1, 0.15) is 5.75 Å². The lowest BCUT2D eigenvalue weighted by Gasteiger charge is -2.39. The van der Waals surface area contributed by atoms with Crippen LogP contribution in [0.2, 0.25) is 0 Å². The second kappa shape index (κ2) is 13.5. The molecule has 37 heavy (non-hydrogen) atoms. The fraction of sp³-hybridized carbons (Fsp3) is 0.724. The number of nitrogens with zero attached hydrogens (tertiary/aromatic N) is 4. The van der Waals surface area contributed by atoms with E-state index in [4.69, 9.17) is 9.26 Å². The molecule has 0 radical (unpaired) electrons. The molecule has 0 amide bonds. The van der Waals surface area contributed by atoms with Crippen molar-refractivity contribution in [2.75, 3.05) is 40.3 Å². The fourth-order valence-corrected chi connectivity index (χ4v) is 6.10. The molecule has 1 saturated heterocycles. The largest absolute Gasteiger partial charge is 0.493 e. The van der Waals surface area contributed by atoms with Gasteiger partial charge in [-0.2, -0.15) is 5.26 Å². The molecule has 3 fully saturated rings. The normalized spacial score (nSPS) is 20.3. The number of piperidine rings is 1. The molecule has 1 aliphatic heterocycles. The molecule has 206 valence electrons. The summed E-state index contributed by atoms with van der Waals surface area (Å²) in [6.07, 6.45) is 13.1. The summed E-state index contributed by atoms with van der Waals surface area (Å²) in [6.45, 7) is 4.82. The number of aryl methyl sites for hydroxylation is 1. The van der Waals surface area contributed by atoms with Crippen molar-refractivity contribution in [3.05, 3.63) is 23.4 Å². The average Bonchev–Trinajstić information content (AvgIpc) is 3.61. The summed E-state index contributed by atoms with van der Waals surface area (Å²) >= 11 is 0. The first-order valence-electron chi connectivity index (χ1n) is 13.9. The molecule has 3 aliphatic rings. The monoisotopic (exact) mass is 550 g/mol. The molecule has 5 rings (SSSR count). The van der Waals surface area contributed by atoms with Crippen LogP contribution in [0.25, 0.3) is 11.0 Å². The molecular weight excluding hydrogens is 507 g/mol. The number of aromatic nitrogens is 1. The van der Waals surface area contributed by atoms with Gasteiger partial charge in [0, 0.05) is 18.5 Å². The standard InChI is InChI=1S/C29H42N4O2.2ClH/c1-32(2)18-25-27(34-19-23-6-7-23)11-9-24-26(31-35-28(24)25)10-8-22-12-16-33(17-13-22)21-29(20-30)14-4-3-5-15-29;;/h9,11,22-23H,3-8,10,12-19,21H2,1-2H3;2*1H. The van der Waals surface area contributed by atoms with Crippen LogP contribution in [0.15, 0.2) is 16.7 Å². The number of halogens is 2. The lowest BCUT2D eigenvalue weighted by molar-refractivity contribution is 0.112. The number of hydrogen-bond acceptors (Lipinski definition) is 6. The SMILES string of the molecule is CN(C)Cc1c(OCC2CC2)ccc2c(CCC3CCN(CC4(C#N)CCCCC4)CC3)noc12.Cl.Cl. The highest BCUT2D eigenvalue weighted by Gasteiger charge is 2.35. The molecule has 0 unspecified atom stereocenters. The molecule has 2 heterocycles. The van der Waals surface area contributed by atoms with Gasteiger partial charge in [-0.05, 0) is 103 Å². The van der Waals surface area contributed by atoms with E-state index in [0.717, 1.165) is 98.3 Å². The van der Waals surface area contributed by atoms with E-state index >= 15 is 0 Å². The predicted molar refractivity (Wildman–Crippen MR) is 153 cm³/mol. The Morgan fingerprint density at radius 3 is 2.46 bits per heavy atom. The lowest BCUT2D eigenvalue weighted by Crippen LogP contribution is -2.42. The highest BCUT2D eigenvalue weighted by molar-refractivity contribution is 5.86. The van der Waals surface area contributed by atoms with Crippen LogP contribution in [0.1, 0.15) is 75.5 Å². The van der Waals surface area contributed by atoms with E-state index in [9.17, 15) is 5.26 Å². The van der Waals surface area contributed by atoms with E-state index in [1.54, 1.807) is 0 Å². The van der Waals surface area contributed by atoms with E-state index in [2.05, 4.69) is 47.3 Å². The molecule has 2 aromatic rings. The van der Waals surface area contributed by atoms with Crippen molar-refractivity contribution < 1.29 is 9.26 Å². The van der Waals surface area contributed by atoms with E-state index in [1.807, 2.05) is 0 Å². The van der Waals surface area contributed by atoms with Crippen LogP contribution in [0.5, 0.6) is 5.75 Å². The van der Waals surface area contributed by atoms with Gasteiger partial charge in [-0.1, -0.05) is 24.4 Å². The lowest BCUT2D eigenvalue weighted by atomic mass is 9.74. The van der Waals surface area contributed by atoms with Crippen molar-refractivity contribution in [1.82, 2.24) is 15.0 Å². The number of hydrogen-bond donors (Lipinski definition) is 0. The Labute approximate surface area is 234 Å². The number of nitriles is 1. The van der Waals surface area contributed by atoms with Gasteiger partial charge in [-0.25, -0.2) is 0 Å². The molecule has 2 saturated carbocycles. The molecule has 2 aliphatic carbocycles. The van der Waals surface area contributed by atoms with E-state index in [1.165, 1.54) is 44.9 Å². The second-order valence-corrected chi connectivity index (χ2v) is 11.8. The minimum atomic E-state index is -0.0871. The maximum atomic E-state index is 9.84. The van der Waals surface area contributed by atoms with Crippen molar-refractivity contribution in [2.24, 2.45) is 17.3 Å². The van der Waals surface area contributed by atoms with E-state index < -0.39 is 0 Å². The van der Waals surface area contributed by atoms with Gasteiger partial charge in [-0.3, -0.25) is 0 Å². The van der Waals surface area contributed by atoms with Crippen LogP contribution in [-0.4, -0.2) is 55.3 Å². The van der Waals surface area contributed by atoms with Crippen LogP contribution in [-0.2, 0) is 13.0 Å². The van der Waals surface area contributed by atoms with Gasteiger partial charge >= 0.3 is 0 Å². The van der Waals surface area contributed by atoms with Crippen molar-refractivity contribution in [3.63, 3.8) is 0 Å². The first-order chi connectivity index (χ1) is 17.0. The Morgan fingerprint density at radius 1 is 1.08 bits per heavy atom. The Hall–Kier alpha value is -1.52. The van der Waals surface area contributed by atoms with Crippen LogP contribution in [0.4, 0.5) is 0 Å². The summed E-state index contributed by atoms with van der Waals surface area (Å²) in [7, 11) is 4.17. The van der Waals surface area contributed by atoms with Gasteiger partial charge in [0.2, 0.25) is 0 Å². The zero-order valence-corrected chi connectivity index (χ0v) is 24.2. The van der Waals surface area contributed by atoms with E-state index in [-0.39, 0.29) is 30.2 Å². The number of likely N-dealkylation sites (tertiary alicyclic amines) is 1. The maximum absolute atomic E-state index is 9.84. The number of rotatable bonds is 10. The zero-order valence-electron chi connectivity index (χ0n) is 22.5. The molecule has 1 aromatic carbocycles. The molecule has 0 atom stereocenters. The topological polar surface area (TPSA) is 65.5 Å². The van der Waals surface area contributed by atoms with Crippen molar-refractivity contribution >= 4 is 35.8 Å². The van der Waals surface area contributed by atoms with Crippen LogP contribution >= 0.6 is 24.8 Å². The molecule has 8 heteroatoms. The predicted octanol–water partition coefficient (Wildman–Crippen LogP) is 6.64. The Bertz CT molecular complexity index is 1030. The van der Waals surface area contributed by atoms with Gasteiger partial charge in [0.25, 0.3) is 0 Å². The van der Waals surface area contributed by atoms with Gasteiger partial charge in [0.05, 0.1) is 29.3 Å². The average molecular weight is 552 g/mol. The van der Waals surface area contributed by atoms with Crippen molar-refractivity contribution in [1.29, 1.82) is 5.26 Å². The number of benzene rings is 1. The molecule has 6 nitrogen and oxygen atoms in total. The summed E-state index contributed by atoms with van der Waals surface area (Å²) < 4.78 is 12.1. The molecule has 0 bridgehead atoms. The van der Waals surface area contributed by atoms with Crippen molar-refractivity contribution in [3.8, 4) is 11.8 Å². The summed E-state index contributed by atoms with van der Waals surface area (Å²) in [4.78, 5) is 4.73. The first-order valence-corrected chi connectivity index (χ1v) is 13.9. The van der Waals surface area contributed by atoms with Crippen molar-refractivity contribution in [2.45, 2.75) is 77.2 Å². The third-order valence-electron chi connectivity index (χ3n) is 8.49. The number of fused-ring (bicyclic) bond motifs is 1. The summed E-state index contributed by atoms with van der Waals surface area (Å²) in [5.41, 5.74) is 3.01. The Kier molecular flexibility index (Phi) is 11.0. The van der Waals surface area contributed by atoms with Gasteiger partial charge in [-0.15, -0.1) is 24.8 Å². The Morgan fingerprint density at radius 2 is 1.81 bits per heavy atom. The summed E-state index contributed by atoms with van der Waals surface area (Å²) in [5, 5.41) is 15.5. The van der Waals surface area contributed by atoms with Crippen LogP contribution < -0.4 is 4.74 Å². The smallest absolute Gasteiger partial charge is 0.175 e. The van der Waals surface area contributed by atoms with Crippen LogP contribution in [0, 0.1) is 28.6 Å². The second-order valence-electron chi connectivity index (χ2n) is 11.8. The van der Waals surface area contributed by atoms with Gasteiger partial charge < -0.3 is 19.1 Å². The minimum absolute atomic E-state index is 0.